The second-order valence-electron chi connectivity index (χ2n) is 7.12. The first-order chi connectivity index (χ1) is 10.6. The first-order valence-corrected chi connectivity index (χ1v) is 8.58. The first-order valence-electron chi connectivity index (χ1n) is 8.58. The first kappa shape index (κ1) is 15.8. The monoisotopic (exact) mass is 306 g/mol. The maximum atomic E-state index is 12.8. The molecule has 1 saturated heterocycles. The van der Waals surface area contributed by atoms with E-state index in [9.17, 15) is 15.2 Å². The number of aliphatic hydroxyl groups excluding tert-OH is 1. The van der Waals surface area contributed by atoms with E-state index in [2.05, 4.69) is 6.07 Å². The van der Waals surface area contributed by atoms with Gasteiger partial charge < -0.3 is 14.7 Å². The molecule has 3 fully saturated rings. The number of hydrogen-bond acceptors (Lipinski definition) is 4. The van der Waals surface area contributed by atoms with Crippen molar-refractivity contribution in [1.29, 1.82) is 5.26 Å². The fourth-order valence-corrected chi connectivity index (χ4v) is 4.60. The lowest BCUT2D eigenvalue weighted by molar-refractivity contribution is -0.210. The number of likely N-dealkylation sites (tertiary alicyclic amines) is 1. The average Bonchev–Trinajstić information content (AvgIpc) is 3.04. The molecule has 5 nitrogen and oxygen atoms in total. The van der Waals surface area contributed by atoms with E-state index in [1.54, 1.807) is 0 Å². The lowest BCUT2D eigenvalue weighted by atomic mass is 9.58. The fourth-order valence-electron chi connectivity index (χ4n) is 4.60. The minimum Gasteiger partial charge on any atom is -0.392 e. The Labute approximate surface area is 132 Å². The Balaban J connectivity index is 1.64. The molecule has 0 aromatic rings. The number of aliphatic hydroxyl groups is 1. The van der Waals surface area contributed by atoms with E-state index in [0.29, 0.717) is 39.0 Å². The fraction of sp³-hybridized carbons (Fsp3) is 0.882. The molecule has 1 aliphatic heterocycles. The van der Waals surface area contributed by atoms with E-state index < -0.39 is 5.41 Å². The Hall–Kier alpha value is -1.12. The quantitative estimate of drug-likeness (QED) is 0.863. The van der Waals surface area contributed by atoms with Crippen LogP contribution in [0, 0.1) is 22.2 Å². The van der Waals surface area contributed by atoms with Gasteiger partial charge in [-0.05, 0) is 32.6 Å². The standard InChI is InChI=1S/C17H26N2O3/c1-2-22-14-11-13(20)17(14)7-9-19(10-8-17)15(21)16(12-18)5-3-4-6-16/h13-14,20H,2-11H2,1H3. The summed E-state index contributed by atoms with van der Waals surface area (Å²) in [4.78, 5) is 14.6. The Morgan fingerprint density at radius 3 is 2.45 bits per heavy atom. The van der Waals surface area contributed by atoms with Crippen LogP contribution in [0.2, 0.25) is 0 Å². The normalized spacial score (nSPS) is 32.5. The maximum absolute atomic E-state index is 12.8. The maximum Gasteiger partial charge on any atom is 0.243 e. The molecule has 2 saturated carbocycles. The number of piperidine rings is 1. The van der Waals surface area contributed by atoms with E-state index in [1.807, 2.05) is 11.8 Å². The molecule has 1 N–H and O–H groups in total. The molecule has 5 heteroatoms. The molecule has 2 aliphatic carbocycles. The minimum atomic E-state index is -0.776. The minimum absolute atomic E-state index is 0.0177. The third-order valence-corrected chi connectivity index (χ3v) is 6.17. The van der Waals surface area contributed by atoms with Gasteiger partial charge in [0.25, 0.3) is 0 Å². The molecular weight excluding hydrogens is 280 g/mol. The van der Waals surface area contributed by atoms with Crippen molar-refractivity contribution in [2.75, 3.05) is 19.7 Å². The number of carbonyl (C=O) groups is 1. The van der Waals surface area contributed by atoms with Crippen LogP contribution in [0.5, 0.6) is 0 Å². The predicted octanol–water partition coefficient (Wildman–Crippen LogP) is 1.85. The average molecular weight is 306 g/mol. The summed E-state index contributed by atoms with van der Waals surface area (Å²) < 4.78 is 5.76. The number of rotatable bonds is 3. The summed E-state index contributed by atoms with van der Waals surface area (Å²) >= 11 is 0. The van der Waals surface area contributed by atoms with Gasteiger partial charge in [0.15, 0.2) is 0 Å². The molecule has 0 aromatic carbocycles. The zero-order chi connectivity index (χ0) is 15.8. The third kappa shape index (κ3) is 2.24. The van der Waals surface area contributed by atoms with Crippen molar-refractivity contribution in [3.05, 3.63) is 0 Å². The smallest absolute Gasteiger partial charge is 0.243 e. The van der Waals surface area contributed by atoms with E-state index >= 15 is 0 Å². The van der Waals surface area contributed by atoms with Gasteiger partial charge in [0.2, 0.25) is 5.91 Å². The molecule has 0 bridgehead atoms. The highest BCUT2D eigenvalue weighted by Crippen LogP contribution is 2.51. The Bertz CT molecular complexity index is 469. The van der Waals surface area contributed by atoms with Crippen molar-refractivity contribution in [3.8, 4) is 6.07 Å². The highest BCUT2D eigenvalue weighted by molar-refractivity contribution is 5.86. The highest BCUT2D eigenvalue weighted by atomic mass is 16.5. The van der Waals surface area contributed by atoms with Crippen molar-refractivity contribution in [2.45, 2.75) is 64.1 Å². The van der Waals surface area contributed by atoms with Gasteiger partial charge >= 0.3 is 0 Å². The summed E-state index contributed by atoms with van der Waals surface area (Å²) in [6.45, 7) is 3.93. The van der Waals surface area contributed by atoms with Crippen molar-refractivity contribution in [1.82, 2.24) is 4.90 Å². The lowest BCUT2D eigenvalue weighted by Gasteiger charge is -2.56. The van der Waals surface area contributed by atoms with Crippen LogP contribution in [-0.2, 0) is 9.53 Å². The number of amides is 1. The molecule has 1 spiro atoms. The van der Waals surface area contributed by atoms with Crippen molar-refractivity contribution >= 4 is 5.91 Å². The van der Waals surface area contributed by atoms with Crippen molar-refractivity contribution in [3.63, 3.8) is 0 Å². The Kier molecular flexibility index (Phi) is 4.17. The van der Waals surface area contributed by atoms with Gasteiger partial charge in [0.05, 0.1) is 18.3 Å². The van der Waals surface area contributed by atoms with Crippen LogP contribution in [0.25, 0.3) is 0 Å². The molecule has 2 unspecified atom stereocenters. The second kappa shape index (κ2) is 5.82. The van der Waals surface area contributed by atoms with Crippen LogP contribution in [0.4, 0.5) is 0 Å². The summed E-state index contributed by atoms with van der Waals surface area (Å²) in [6, 6.07) is 2.30. The Morgan fingerprint density at radius 1 is 1.32 bits per heavy atom. The zero-order valence-electron chi connectivity index (χ0n) is 13.4. The highest BCUT2D eigenvalue weighted by Gasteiger charge is 2.57. The van der Waals surface area contributed by atoms with Gasteiger partial charge in [-0.2, -0.15) is 5.26 Å². The van der Waals surface area contributed by atoms with Crippen molar-refractivity contribution < 1.29 is 14.6 Å². The molecule has 1 heterocycles. The van der Waals surface area contributed by atoms with Gasteiger partial charge in [-0.25, -0.2) is 0 Å². The number of ether oxygens (including phenoxy) is 1. The molecule has 22 heavy (non-hydrogen) atoms. The van der Waals surface area contributed by atoms with Crippen LogP contribution in [0.3, 0.4) is 0 Å². The number of nitriles is 1. The van der Waals surface area contributed by atoms with E-state index in [-0.39, 0.29) is 23.5 Å². The molecule has 0 aromatic heterocycles. The largest absolute Gasteiger partial charge is 0.392 e. The van der Waals surface area contributed by atoms with Gasteiger partial charge in [-0.1, -0.05) is 12.8 Å². The SMILES string of the molecule is CCOC1CC(O)C12CCN(C(=O)C1(C#N)CCCC1)CC2. The summed E-state index contributed by atoms with van der Waals surface area (Å²) in [7, 11) is 0. The van der Waals surface area contributed by atoms with Gasteiger partial charge in [-0.15, -0.1) is 0 Å². The predicted molar refractivity (Wildman–Crippen MR) is 80.8 cm³/mol. The molecule has 3 rings (SSSR count). The summed E-state index contributed by atoms with van der Waals surface area (Å²) in [6.07, 6.45) is 5.45. The molecule has 0 radical (unpaired) electrons. The summed E-state index contributed by atoms with van der Waals surface area (Å²) in [5, 5.41) is 19.7. The molecule has 122 valence electrons. The van der Waals surface area contributed by atoms with Gasteiger partial charge in [0, 0.05) is 31.5 Å². The van der Waals surface area contributed by atoms with Crippen LogP contribution < -0.4 is 0 Å². The van der Waals surface area contributed by atoms with Crippen LogP contribution in [0.1, 0.15) is 51.9 Å². The van der Waals surface area contributed by atoms with Crippen LogP contribution in [0.15, 0.2) is 0 Å². The summed E-state index contributed by atoms with van der Waals surface area (Å²) in [5.74, 6) is 0.0177. The third-order valence-electron chi connectivity index (χ3n) is 6.17. The van der Waals surface area contributed by atoms with Gasteiger partial charge in [-0.3, -0.25) is 4.79 Å². The van der Waals surface area contributed by atoms with E-state index in [0.717, 1.165) is 25.7 Å². The van der Waals surface area contributed by atoms with E-state index in [4.69, 9.17) is 4.74 Å². The summed E-state index contributed by atoms with van der Waals surface area (Å²) in [5.41, 5.74) is -0.940. The van der Waals surface area contributed by atoms with Crippen molar-refractivity contribution in [2.24, 2.45) is 10.8 Å². The van der Waals surface area contributed by atoms with Gasteiger partial charge in [0.1, 0.15) is 5.41 Å². The van der Waals surface area contributed by atoms with E-state index in [1.165, 1.54) is 0 Å². The number of hydrogen-bond donors (Lipinski definition) is 1. The molecular formula is C17H26N2O3. The number of carbonyl (C=O) groups excluding carboxylic acids is 1. The molecule has 1 amide bonds. The molecule has 3 aliphatic rings. The zero-order valence-corrected chi connectivity index (χ0v) is 13.4. The topological polar surface area (TPSA) is 73.6 Å². The lowest BCUT2D eigenvalue weighted by Crippen LogP contribution is -2.63. The molecule has 2 atom stereocenters. The van der Waals surface area contributed by atoms with Crippen LogP contribution >= 0.6 is 0 Å². The van der Waals surface area contributed by atoms with Crippen LogP contribution in [-0.4, -0.2) is 47.8 Å². The second-order valence-corrected chi connectivity index (χ2v) is 7.12. The Morgan fingerprint density at radius 2 is 1.95 bits per heavy atom. The number of nitrogens with zero attached hydrogens (tertiary/aromatic N) is 2.